The van der Waals surface area contributed by atoms with Gasteiger partial charge in [-0.1, -0.05) is 34.1 Å². The molecular formula is C13H26N2O. The fourth-order valence-corrected chi connectivity index (χ4v) is 1.51. The molecule has 0 heterocycles. The Hall–Kier alpha value is -0.590. The molecule has 0 aromatic heterocycles. The van der Waals surface area contributed by atoms with Crippen LogP contribution in [0.5, 0.6) is 0 Å². The third-order valence-corrected chi connectivity index (χ3v) is 3.17. The number of aliphatic hydroxyl groups excluding tert-OH is 1. The van der Waals surface area contributed by atoms with Gasteiger partial charge in [0.05, 0.1) is 12.2 Å². The van der Waals surface area contributed by atoms with Gasteiger partial charge >= 0.3 is 0 Å². The Kier molecular flexibility index (Phi) is 7.36. The second kappa shape index (κ2) is 7.65. The zero-order valence-corrected chi connectivity index (χ0v) is 11.1. The Balaban J connectivity index is 3.76. The van der Waals surface area contributed by atoms with Crippen LogP contribution in [0.25, 0.3) is 0 Å². The number of hydrogen-bond donors (Lipinski definition) is 2. The van der Waals surface area contributed by atoms with Crippen molar-refractivity contribution < 1.29 is 5.11 Å². The molecule has 0 bridgehead atoms. The second-order valence-electron chi connectivity index (χ2n) is 5.41. The summed E-state index contributed by atoms with van der Waals surface area (Å²) < 4.78 is 0. The molecule has 0 spiro atoms. The van der Waals surface area contributed by atoms with E-state index < -0.39 is 0 Å². The van der Waals surface area contributed by atoms with Crippen LogP contribution in [0.4, 0.5) is 0 Å². The number of hydrogen-bond acceptors (Lipinski definition) is 3. The van der Waals surface area contributed by atoms with Crippen LogP contribution in [-0.4, -0.2) is 24.3 Å². The van der Waals surface area contributed by atoms with Gasteiger partial charge in [-0.3, -0.25) is 0 Å². The summed E-state index contributed by atoms with van der Waals surface area (Å²) in [6.07, 6.45) is 2.23. The Morgan fingerprint density at radius 3 is 2.56 bits per heavy atom. The van der Waals surface area contributed by atoms with Gasteiger partial charge in [0.1, 0.15) is 0 Å². The predicted octanol–water partition coefficient (Wildman–Crippen LogP) is 2.31. The summed E-state index contributed by atoms with van der Waals surface area (Å²) in [7, 11) is 0. The lowest BCUT2D eigenvalue weighted by Gasteiger charge is -2.25. The number of nitrogens with one attached hydrogen (secondary N) is 1. The molecule has 0 rings (SSSR count). The summed E-state index contributed by atoms with van der Waals surface area (Å²) >= 11 is 0. The molecule has 0 saturated carbocycles. The van der Waals surface area contributed by atoms with Gasteiger partial charge < -0.3 is 10.4 Å². The summed E-state index contributed by atoms with van der Waals surface area (Å²) in [5, 5.41) is 21.6. The summed E-state index contributed by atoms with van der Waals surface area (Å²) in [6, 6.07) is 2.17. The van der Waals surface area contributed by atoms with Crippen molar-refractivity contribution in [2.45, 2.75) is 53.1 Å². The minimum atomic E-state index is -0.267. The minimum absolute atomic E-state index is 0.130. The molecule has 0 radical (unpaired) electrons. The summed E-state index contributed by atoms with van der Waals surface area (Å²) in [5.74, 6) is 0.342. The van der Waals surface area contributed by atoms with Crippen molar-refractivity contribution >= 4 is 0 Å². The summed E-state index contributed by atoms with van der Waals surface area (Å²) in [5.41, 5.74) is 0.130. The van der Waals surface area contributed by atoms with E-state index in [0.717, 1.165) is 19.4 Å². The highest BCUT2D eigenvalue weighted by atomic mass is 16.3. The maximum Gasteiger partial charge on any atom is 0.0689 e. The fourth-order valence-electron chi connectivity index (χ4n) is 1.51. The number of nitriles is 1. The van der Waals surface area contributed by atoms with E-state index in [4.69, 9.17) is 5.26 Å². The van der Waals surface area contributed by atoms with Gasteiger partial charge in [-0.2, -0.15) is 5.26 Å². The van der Waals surface area contributed by atoms with Crippen molar-refractivity contribution in [3.63, 3.8) is 0 Å². The molecule has 0 fully saturated rings. The van der Waals surface area contributed by atoms with Crippen LogP contribution >= 0.6 is 0 Å². The van der Waals surface area contributed by atoms with E-state index in [0.29, 0.717) is 18.9 Å². The largest absolute Gasteiger partial charge is 0.392 e. The Morgan fingerprint density at radius 1 is 1.44 bits per heavy atom. The third kappa shape index (κ3) is 6.81. The lowest BCUT2D eigenvalue weighted by molar-refractivity contribution is 0.109. The standard InChI is InChI=1S/C13H26N2O/c1-5-11(2)12(16)9-15-10-13(3,4)7-6-8-14/h11-12,15-16H,5-7,9-10H2,1-4H3. The average Bonchev–Trinajstić information content (AvgIpc) is 2.24. The maximum atomic E-state index is 9.78. The molecule has 0 aliphatic rings. The van der Waals surface area contributed by atoms with Gasteiger partial charge in [-0.25, -0.2) is 0 Å². The number of aliphatic hydroxyl groups is 1. The van der Waals surface area contributed by atoms with Crippen molar-refractivity contribution in [1.29, 1.82) is 5.26 Å². The minimum Gasteiger partial charge on any atom is -0.392 e. The highest BCUT2D eigenvalue weighted by Crippen LogP contribution is 2.20. The molecule has 0 amide bonds. The van der Waals surface area contributed by atoms with E-state index in [1.165, 1.54) is 0 Å². The molecule has 0 aromatic rings. The van der Waals surface area contributed by atoms with Gasteiger partial charge in [0.15, 0.2) is 0 Å². The van der Waals surface area contributed by atoms with Crippen LogP contribution in [-0.2, 0) is 0 Å². The summed E-state index contributed by atoms with van der Waals surface area (Å²) in [6.45, 7) is 9.94. The third-order valence-electron chi connectivity index (χ3n) is 3.17. The molecule has 0 saturated heterocycles. The van der Waals surface area contributed by atoms with E-state index in [1.807, 2.05) is 0 Å². The van der Waals surface area contributed by atoms with E-state index >= 15 is 0 Å². The molecule has 3 heteroatoms. The zero-order valence-electron chi connectivity index (χ0n) is 11.1. The molecule has 94 valence electrons. The van der Waals surface area contributed by atoms with Crippen molar-refractivity contribution in [2.24, 2.45) is 11.3 Å². The first-order valence-electron chi connectivity index (χ1n) is 6.18. The van der Waals surface area contributed by atoms with E-state index in [1.54, 1.807) is 0 Å². The molecular weight excluding hydrogens is 200 g/mol. The van der Waals surface area contributed by atoms with Crippen LogP contribution in [0.3, 0.4) is 0 Å². The Morgan fingerprint density at radius 2 is 2.06 bits per heavy atom. The second-order valence-corrected chi connectivity index (χ2v) is 5.41. The van der Waals surface area contributed by atoms with E-state index in [-0.39, 0.29) is 11.5 Å². The molecule has 2 N–H and O–H groups in total. The van der Waals surface area contributed by atoms with Crippen molar-refractivity contribution in [3.8, 4) is 6.07 Å². The van der Waals surface area contributed by atoms with Gasteiger partial charge in [-0.05, 0) is 17.8 Å². The fraction of sp³-hybridized carbons (Fsp3) is 0.923. The zero-order chi connectivity index (χ0) is 12.6. The quantitative estimate of drug-likeness (QED) is 0.668. The first kappa shape index (κ1) is 15.4. The highest BCUT2D eigenvalue weighted by Gasteiger charge is 2.18. The van der Waals surface area contributed by atoms with Crippen molar-refractivity contribution in [2.75, 3.05) is 13.1 Å². The number of nitrogens with zero attached hydrogens (tertiary/aromatic N) is 1. The van der Waals surface area contributed by atoms with E-state index in [2.05, 4.69) is 39.1 Å². The molecule has 0 aliphatic heterocycles. The average molecular weight is 226 g/mol. The van der Waals surface area contributed by atoms with Crippen LogP contribution < -0.4 is 5.32 Å². The van der Waals surface area contributed by atoms with Crippen molar-refractivity contribution in [3.05, 3.63) is 0 Å². The Bertz CT molecular complexity index is 220. The van der Waals surface area contributed by atoms with E-state index in [9.17, 15) is 5.11 Å². The SMILES string of the molecule is CCC(C)C(O)CNCC(C)(C)CCC#N. The first-order chi connectivity index (χ1) is 7.43. The molecule has 2 atom stereocenters. The van der Waals surface area contributed by atoms with Gasteiger partial charge in [0.2, 0.25) is 0 Å². The normalized spacial score (nSPS) is 15.5. The smallest absolute Gasteiger partial charge is 0.0689 e. The molecule has 3 nitrogen and oxygen atoms in total. The molecule has 2 unspecified atom stereocenters. The molecule has 16 heavy (non-hydrogen) atoms. The topological polar surface area (TPSA) is 56.0 Å². The van der Waals surface area contributed by atoms with Gasteiger partial charge in [0, 0.05) is 19.5 Å². The lowest BCUT2D eigenvalue weighted by atomic mass is 9.88. The van der Waals surface area contributed by atoms with Gasteiger partial charge in [-0.15, -0.1) is 0 Å². The number of rotatable bonds is 8. The van der Waals surface area contributed by atoms with Crippen LogP contribution in [0.2, 0.25) is 0 Å². The van der Waals surface area contributed by atoms with Crippen LogP contribution in [0.1, 0.15) is 47.0 Å². The molecule has 0 aromatic carbocycles. The van der Waals surface area contributed by atoms with Crippen molar-refractivity contribution in [1.82, 2.24) is 5.32 Å². The lowest BCUT2D eigenvalue weighted by Crippen LogP contribution is -2.37. The predicted molar refractivity (Wildman–Crippen MR) is 67.0 cm³/mol. The maximum absolute atomic E-state index is 9.78. The van der Waals surface area contributed by atoms with Crippen LogP contribution in [0, 0.1) is 22.7 Å². The van der Waals surface area contributed by atoms with Crippen LogP contribution in [0.15, 0.2) is 0 Å². The molecule has 0 aliphatic carbocycles. The summed E-state index contributed by atoms with van der Waals surface area (Å²) in [4.78, 5) is 0. The first-order valence-corrected chi connectivity index (χ1v) is 6.18. The monoisotopic (exact) mass is 226 g/mol. The Labute approximate surface area is 99.9 Å². The van der Waals surface area contributed by atoms with Gasteiger partial charge in [0.25, 0.3) is 0 Å². The highest BCUT2D eigenvalue weighted by molar-refractivity contribution is 4.79.